The second-order valence-electron chi connectivity index (χ2n) is 5.67. The number of sulfonamides is 1. The molecule has 0 fully saturated rings. The summed E-state index contributed by atoms with van der Waals surface area (Å²) in [7, 11) is -2.04. The van der Waals surface area contributed by atoms with E-state index in [9.17, 15) is 8.42 Å². The molecule has 0 radical (unpaired) electrons. The minimum atomic E-state index is -3.53. The van der Waals surface area contributed by atoms with Crippen LogP contribution in [0.25, 0.3) is 0 Å². The summed E-state index contributed by atoms with van der Waals surface area (Å²) in [5.41, 5.74) is 0.950. The molecular formula is C15H25N3O2S. The molecule has 0 saturated carbocycles. The minimum absolute atomic E-state index is 0.0643. The van der Waals surface area contributed by atoms with E-state index in [0.717, 1.165) is 5.69 Å². The van der Waals surface area contributed by atoms with Crippen LogP contribution < -0.4 is 5.32 Å². The number of nitrogens with zero attached hydrogens (tertiary/aromatic N) is 2. The van der Waals surface area contributed by atoms with Gasteiger partial charge in [-0.3, -0.25) is 0 Å². The highest BCUT2D eigenvalue weighted by Crippen LogP contribution is 2.21. The van der Waals surface area contributed by atoms with E-state index in [0.29, 0.717) is 12.6 Å². The predicted molar refractivity (Wildman–Crippen MR) is 85.4 cm³/mol. The zero-order valence-corrected chi connectivity index (χ0v) is 14.2. The van der Waals surface area contributed by atoms with Crippen molar-refractivity contribution in [2.75, 3.05) is 13.6 Å². The van der Waals surface area contributed by atoms with Crippen molar-refractivity contribution in [1.29, 1.82) is 0 Å². The highest BCUT2D eigenvalue weighted by molar-refractivity contribution is 7.89. The highest BCUT2D eigenvalue weighted by Gasteiger charge is 2.23. The number of nitrogens with one attached hydrogen (secondary N) is 1. The molecule has 1 aromatic rings. The van der Waals surface area contributed by atoms with Gasteiger partial charge in [-0.15, -0.1) is 6.42 Å². The zero-order valence-electron chi connectivity index (χ0n) is 13.4. The predicted octanol–water partition coefficient (Wildman–Crippen LogP) is 1.82. The first-order chi connectivity index (χ1) is 9.70. The Hall–Kier alpha value is -1.29. The molecule has 0 bridgehead atoms. The van der Waals surface area contributed by atoms with E-state index in [1.807, 2.05) is 18.4 Å². The van der Waals surface area contributed by atoms with Crippen molar-refractivity contribution in [2.24, 2.45) is 0 Å². The van der Waals surface area contributed by atoms with Gasteiger partial charge in [0.2, 0.25) is 10.0 Å². The van der Waals surface area contributed by atoms with Gasteiger partial charge in [0.25, 0.3) is 0 Å². The van der Waals surface area contributed by atoms with Crippen LogP contribution in [0.15, 0.2) is 17.2 Å². The molecule has 0 amide bonds. The normalized spacial score (nSPS) is 12.3. The van der Waals surface area contributed by atoms with Gasteiger partial charge in [0.15, 0.2) is 0 Å². The Labute approximate surface area is 128 Å². The lowest BCUT2D eigenvalue weighted by atomic mass is 10.3. The third kappa shape index (κ3) is 4.34. The second-order valence-corrected chi connectivity index (χ2v) is 7.71. The number of terminal acetylenes is 1. The van der Waals surface area contributed by atoms with E-state index < -0.39 is 10.0 Å². The monoisotopic (exact) mass is 311 g/mol. The van der Waals surface area contributed by atoms with Crippen LogP contribution >= 0.6 is 0 Å². The van der Waals surface area contributed by atoms with Gasteiger partial charge in [0.05, 0.1) is 6.54 Å². The van der Waals surface area contributed by atoms with E-state index in [-0.39, 0.29) is 17.5 Å². The fourth-order valence-electron chi connectivity index (χ4n) is 1.96. The van der Waals surface area contributed by atoms with E-state index >= 15 is 0 Å². The van der Waals surface area contributed by atoms with Crippen molar-refractivity contribution in [3.8, 4) is 12.3 Å². The maximum Gasteiger partial charge on any atom is 0.245 e. The fourth-order valence-corrected chi connectivity index (χ4v) is 3.10. The van der Waals surface area contributed by atoms with Gasteiger partial charge < -0.3 is 9.88 Å². The Morgan fingerprint density at radius 3 is 2.48 bits per heavy atom. The van der Waals surface area contributed by atoms with Crippen LogP contribution in [0.5, 0.6) is 0 Å². The molecule has 6 heteroatoms. The van der Waals surface area contributed by atoms with Crippen molar-refractivity contribution in [3.63, 3.8) is 0 Å². The lowest BCUT2D eigenvalue weighted by Gasteiger charge is -2.14. The number of aromatic nitrogens is 1. The zero-order chi connectivity index (χ0) is 16.2. The molecule has 1 N–H and O–H groups in total. The Morgan fingerprint density at radius 2 is 2.00 bits per heavy atom. The largest absolute Gasteiger partial charge is 0.346 e. The van der Waals surface area contributed by atoms with Crippen molar-refractivity contribution < 1.29 is 8.42 Å². The van der Waals surface area contributed by atoms with Gasteiger partial charge in [0.1, 0.15) is 4.90 Å². The first-order valence-electron chi connectivity index (χ1n) is 7.04. The van der Waals surface area contributed by atoms with Gasteiger partial charge in [-0.05, 0) is 19.9 Å². The maximum atomic E-state index is 12.4. The lowest BCUT2D eigenvalue weighted by Crippen LogP contribution is -2.27. The van der Waals surface area contributed by atoms with Crippen LogP contribution in [0.1, 0.15) is 39.4 Å². The molecule has 0 aliphatic carbocycles. The molecule has 5 nitrogen and oxygen atoms in total. The van der Waals surface area contributed by atoms with Gasteiger partial charge in [-0.25, -0.2) is 8.42 Å². The summed E-state index contributed by atoms with van der Waals surface area (Å²) in [5, 5.41) is 3.31. The standard InChI is InChI=1S/C15H25N3O2S/c1-7-8-17(6)21(19,20)15-9-14(10-16-12(2)3)18(11-15)13(4)5/h1,9,11-13,16H,8,10H2,2-6H3. The molecule has 0 saturated heterocycles. The van der Waals surface area contributed by atoms with Crippen LogP contribution in [0.2, 0.25) is 0 Å². The molecular weight excluding hydrogens is 286 g/mol. The molecule has 0 atom stereocenters. The molecule has 0 aliphatic rings. The Balaban J connectivity index is 3.16. The third-order valence-corrected chi connectivity index (χ3v) is 4.95. The Bertz CT molecular complexity index is 609. The van der Waals surface area contributed by atoms with Gasteiger partial charge in [-0.2, -0.15) is 4.31 Å². The first kappa shape index (κ1) is 17.8. The summed E-state index contributed by atoms with van der Waals surface area (Å²) in [4.78, 5) is 0.287. The van der Waals surface area contributed by atoms with E-state index in [4.69, 9.17) is 6.42 Å². The molecule has 0 aliphatic heterocycles. The number of rotatable bonds is 7. The topological polar surface area (TPSA) is 54.3 Å². The molecule has 118 valence electrons. The van der Waals surface area contributed by atoms with Crippen molar-refractivity contribution in [1.82, 2.24) is 14.2 Å². The van der Waals surface area contributed by atoms with Crippen LogP contribution in [0.4, 0.5) is 0 Å². The molecule has 1 aromatic heterocycles. The van der Waals surface area contributed by atoms with Crippen molar-refractivity contribution in [3.05, 3.63) is 18.0 Å². The Morgan fingerprint density at radius 1 is 1.38 bits per heavy atom. The average molecular weight is 311 g/mol. The van der Waals surface area contributed by atoms with Crippen LogP contribution in [0.3, 0.4) is 0 Å². The SMILES string of the molecule is C#CCN(C)S(=O)(=O)c1cc(CNC(C)C)n(C(C)C)c1. The summed E-state index contributed by atoms with van der Waals surface area (Å²) < 4.78 is 28.1. The van der Waals surface area contributed by atoms with Crippen LogP contribution in [-0.2, 0) is 16.6 Å². The first-order valence-corrected chi connectivity index (χ1v) is 8.48. The van der Waals surface area contributed by atoms with Crippen molar-refractivity contribution >= 4 is 10.0 Å². The summed E-state index contributed by atoms with van der Waals surface area (Å²) in [6.45, 7) is 8.86. The quantitative estimate of drug-likeness (QED) is 0.782. The molecule has 1 heterocycles. The third-order valence-electron chi connectivity index (χ3n) is 3.18. The highest BCUT2D eigenvalue weighted by atomic mass is 32.2. The van der Waals surface area contributed by atoms with E-state index in [1.165, 1.54) is 11.4 Å². The summed E-state index contributed by atoms with van der Waals surface area (Å²) in [6.07, 6.45) is 6.88. The second kappa shape index (κ2) is 7.12. The van der Waals surface area contributed by atoms with Crippen LogP contribution in [0, 0.1) is 12.3 Å². The summed E-state index contributed by atoms with van der Waals surface area (Å²) in [6, 6.07) is 2.25. The number of hydrogen-bond acceptors (Lipinski definition) is 3. The fraction of sp³-hybridized carbons (Fsp3) is 0.600. The molecule has 0 unspecified atom stereocenters. The molecule has 0 aromatic carbocycles. The van der Waals surface area contributed by atoms with Crippen molar-refractivity contribution in [2.45, 2.75) is 51.2 Å². The van der Waals surface area contributed by atoms with Gasteiger partial charge in [-0.1, -0.05) is 19.8 Å². The van der Waals surface area contributed by atoms with E-state index in [2.05, 4.69) is 25.1 Å². The maximum absolute atomic E-state index is 12.4. The summed E-state index contributed by atoms with van der Waals surface area (Å²) >= 11 is 0. The minimum Gasteiger partial charge on any atom is -0.346 e. The molecule has 21 heavy (non-hydrogen) atoms. The van der Waals surface area contributed by atoms with Gasteiger partial charge >= 0.3 is 0 Å². The molecule has 1 rings (SSSR count). The lowest BCUT2D eigenvalue weighted by molar-refractivity contribution is 0.501. The summed E-state index contributed by atoms with van der Waals surface area (Å²) in [5.74, 6) is 2.36. The number of hydrogen-bond donors (Lipinski definition) is 1. The Kier molecular flexibility index (Phi) is 6.02. The average Bonchev–Trinajstić information content (AvgIpc) is 2.81. The smallest absolute Gasteiger partial charge is 0.245 e. The van der Waals surface area contributed by atoms with E-state index in [1.54, 1.807) is 12.3 Å². The van der Waals surface area contributed by atoms with Crippen LogP contribution in [-0.4, -0.2) is 36.9 Å². The molecule has 0 spiro atoms. The van der Waals surface area contributed by atoms with Gasteiger partial charge in [0, 0.05) is 37.6 Å².